The third-order valence-electron chi connectivity index (χ3n) is 4.35. The second-order valence-corrected chi connectivity index (χ2v) is 6.05. The van der Waals surface area contributed by atoms with Crippen molar-refractivity contribution in [3.63, 3.8) is 0 Å². The zero-order valence-corrected chi connectivity index (χ0v) is 13.5. The highest BCUT2D eigenvalue weighted by molar-refractivity contribution is 6.16. The first kappa shape index (κ1) is 14.5. The van der Waals surface area contributed by atoms with Crippen LogP contribution in [0.4, 0.5) is 0 Å². The van der Waals surface area contributed by atoms with Crippen LogP contribution in [-0.2, 0) is 12.4 Å². The predicted octanol–water partition coefficient (Wildman–Crippen LogP) is 3.84. The molecule has 1 aliphatic rings. The zero-order valence-electron chi connectivity index (χ0n) is 12.7. The molecule has 0 N–H and O–H groups in total. The summed E-state index contributed by atoms with van der Waals surface area (Å²) in [4.78, 5) is 4.64. The van der Waals surface area contributed by atoms with Crippen molar-refractivity contribution in [3.8, 4) is 11.5 Å². The lowest BCUT2D eigenvalue weighted by atomic mass is 10.1. The molecule has 21 heavy (non-hydrogen) atoms. The standard InChI is InChI=1S/C16H21ClN2O2/c1-10(11-4-5-11)9-19-13-7-15(21-3)14(20-2)6-12(13)18-16(19)8-17/h6-7,10-11H,4-5,8-9H2,1-3H3. The quantitative estimate of drug-likeness (QED) is 0.761. The molecule has 1 heterocycles. The Morgan fingerprint density at radius 1 is 1.29 bits per heavy atom. The highest BCUT2D eigenvalue weighted by Gasteiger charge is 2.29. The van der Waals surface area contributed by atoms with E-state index in [0.29, 0.717) is 17.5 Å². The minimum absolute atomic E-state index is 0.413. The van der Waals surface area contributed by atoms with Gasteiger partial charge in [0, 0.05) is 18.7 Å². The maximum Gasteiger partial charge on any atom is 0.163 e. The molecule has 0 radical (unpaired) electrons. The fourth-order valence-corrected chi connectivity index (χ4v) is 3.11. The van der Waals surface area contributed by atoms with Gasteiger partial charge in [0.05, 0.1) is 31.1 Å². The molecule has 114 valence electrons. The topological polar surface area (TPSA) is 36.3 Å². The average molecular weight is 309 g/mol. The average Bonchev–Trinajstić information content (AvgIpc) is 3.30. The first-order valence-electron chi connectivity index (χ1n) is 7.35. The van der Waals surface area contributed by atoms with E-state index < -0.39 is 0 Å². The number of alkyl halides is 1. The number of ether oxygens (including phenoxy) is 2. The molecule has 1 unspecified atom stereocenters. The smallest absolute Gasteiger partial charge is 0.163 e. The first-order valence-corrected chi connectivity index (χ1v) is 7.88. The van der Waals surface area contributed by atoms with Crippen molar-refractivity contribution in [1.29, 1.82) is 0 Å². The van der Waals surface area contributed by atoms with E-state index in [1.807, 2.05) is 12.1 Å². The van der Waals surface area contributed by atoms with E-state index in [-0.39, 0.29) is 0 Å². The lowest BCUT2D eigenvalue weighted by Crippen LogP contribution is -2.11. The van der Waals surface area contributed by atoms with Crippen LogP contribution in [0.3, 0.4) is 0 Å². The van der Waals surface area contributed by atoms with Gasteiger partial charge in [-0.05, 0) is 24.7 Å². The number of nitrogens with zero attached hydrogens (tertiary/aromatic N) is 2. The summed E-state index contributed by atoms with van der Waals surface area (Å²) in [5, 5.41) is 0. The van der Waals surface area contributed by atoms with Gasteiger partial charge in [-0.15, -0.1) is 11.6 Å². The number of benzene rings is 1. The fourth-order valence-electron chi connectivity index (χ4n) is 2.91. The highest BCUT2D eigenvalue weighted by atomic mass is 35.5. The Labute approximate surface area is 130 Å². The van der Waals surface area contributed by atoms with E-state index in [0.717, 1.165) is 35.1 Å². The molecule has 5 heteroatoms. The van der Waals surface area contributed by atoms with Crippen LogP contribution in [0.1, 0.15) is 25.6 Å². The second-order valence-electron chi connectivity index (χ2n) is 5.78. The lowest BCUT2D eigenvalue weighted by molar-refractivity contribution is 0.355. The Morgan fingerprint density at radius 3 is 2.52 bits per heavy atom. The van der Waals surface area contributed by atoms with E-state index in [1.165, 1.54) is 12.8 Å². The Bertz CT molecular complexity index is 649. The molecule has 0 bridgehead atoms. The molecule has 1 aromatic carbocycles. The van der Waals surface area contributed by atoms with E-state index in [2.05, 4.69) is 16.5 Å². The van der Waals surface area contributed by atoms with Gasteiger partial charge in [0.1, 0.15) is 5.82 Å². The van der Waals surface area contributed by atoms with Gasteiger partial charge in [-0.1, -0.05) is 6.92 Å². The third kappa shape index (κ3) is 2.69. The molecule has 1 aliphatic carbocycles. The van der Waals surface area contributed by atoms with Gasteiger partial charge in [-0.2, -0.15) is 0 Å². The van der Waals surface area contributed by atoms with Gasteiger partial charge in [0.25, 0.3) is 0 Å². The molecule has 4 nitrogen and oxygen atoms in total. The van der Waals surface area contributed by atoms with Crippen LogP contribution in [0.5, 0.6) is 11.5 Å². The van der Waals surface area contributed by atoms with Crippen LogP contribution in [0.25, 0.3) is 11.0 Å². The molecule has 1 aromatic heterocycles. The molecule has 0 saturated heterocycles. The van der Waals surface area contributed by atoms with Crippen molar-refractivity contribution < 1.29 is 9.47 Å². The van der Waals surface area contributed by atoms with Crippen molar-refractivity contribution in [2.75, 3.05) is 14.2 Å². The SMILES string of the molecule is COc1cc2nc(CCl)n(CC(C)C3CC3)c2cc1OC. The number of hydrogen-bond acceptors (Lipinski definition) is 3. The molecule has 0 spiro atoms. The summed E-state index contributed by atoms with van der Waals surface area (Å²) < 4.78 is 13.0. The van der Waals surface area contributed by atoms with Gasteiger partial charge in [-0.25, -0.2) is 4.98 Å². The van der Waals surface area contributed by atoms with Gasteiger partial charge >= 0.3 is 0 Å². The van der Waals surface area contributed by atoms with Gasteiger partial charge < -0.3 is 14.0 Å². The Kier molecular flexibility index (Phi) is 3.98. The summed E-state index contributed by atoms with van der Waals surface area (Å²) in [6.45, 7) is 3.26. The number of rotatable bonds is 6. The van der Waals surface area contributed by atoms with Gasteiger partial charge in [0.15, 0.2) is 11.5 Å². The monoisotopic (exact) mass is 308 g/mol. The molecule has 0 amide bonds. The number of fused-ring (bicyclic) bond motifs is 1. The second kappa shape index (κ2) is 5.76. The summed E-state index contributed by atoms with van der Waals surface area (Å²) in [5.74, 6) is 4.26. The molecule has 1 atom stereocenters. The minimum atomic E-state index is 0.413. The minimum Gasteiger partial charge on any atom is -0.493 e. The van der Waals surface area contributed by atoms with Crippen LogP contribution in [0.15, 0.2) is 12.1 Å². The van der Waals surface area contributed by atoms with Crippen molar-refractivity contribution in [2.24, 2.45) is 11.8 Å². The maximum atomic E-state index is 6.08. The first-order chi connectivity index (χ1) is 10.2. The maximum absolute atomic E-state index is 6.08. The molecule has 3 rings (SSSR count). The molecule has 1 saturated carbocycles. The van der Waals surface area contributed by atoms with Crippen LogP contribution in [0, 0.1) is 11.8 Å². The van der Waals surface area contributed by atoms with Crippen molar-refractivity contribution >= 4 is 22.6 Å². The van der Waals surface area contributed by atoms with E-state index in [1.54, 1.807) is 14.2 Å². The van der Waals surface area contributed by atoms with E-state index in [9.17, 15) is 0 Å². The molecule has 2 aromatic rings. The Balaban J connectivity index is 2.07. The molecule has 1 fully saturated rings. The lowest BCUT2D eigenvalue weighted by Gasteiger charge is -2.14. The van der Waals surface area contributed by atoms with Crippen molar-refractivity contribution in [3.05, 3.63) is 18.0 Å². The Morgan fingerprint density at radius 2 is 1.95 bits per heavy atom. The summed E-state index contributed by atoms with van der Waals surface area (Å²) in [6, 6.07) is 3.92. The fraction of sp³-hybridized carbons (Fsp3) is 0.562. The number of hydrogen-bond donors (Lipinski definition) is 0. The molecular weight excluding hydrogens is 288 g/mol. The van der Waals surface area contributed by atoms with Gasteiger partial charge in [-0.3, -0.25) is 0 Å². The summed E-state index contributed by atoms with van der Waals surface area (Å²) >= 11 is 6.08. The van der Waals surface area contributed by atoms with Crippen LogP contribution >= 0.6 is 11.6 Å². The van der Waals surface area contributed by atoms with Crippen LogP contribution < -0.4 is 9.47 Å². The van der Waals surface area contributed by atoms with Gasteiger partial charge in [0.2, 0.25) is 0 Å². The van der Waals surface area contributed by atoms with Crippen molar-refractivity contribution in [1.82, 2.24) is 9.55 Å². The number of halogens is 1. The largest absolute Gasteiger partial charge is 0.493 e. The number of methoxy groups -OCH3 is 2. The van der Waals surface area contributed by atoms with E-state index in [4.69, 9.17) is 21.1 Å². The number of imidazole rings is 1. The van der Waals surface area contributed by atoms with E-state index >= 15 is 0 Å². The zero-order chi connectivity index (χ0) is 15.0. The third-order valence-corrected chi connectivity index (χ3v) is 4.59. The predicted molar refractivity (Wildman–Crippen MR) is 84.3 cm³/mol. The van der Waals surface area contributed by atoms with Crippen LogP contribution in [-0.4, -0.2) is 23.8 Å². The molecular formula is C16H21ClN2O2. The number of aromatic nitrogens is 2. The van der Waals surface area contributed by atoms with Crippen LogP contribution in [0.2, 0.25) is 0 Å². The highest BCUT2D eigenvalue weighted by Crippen LogP contribution is 2.39. The molecule has 0 aliphatic heterocycles. The summed E-state index contributed by atoms with van der Waals surface area (Å²) in [7, 11) is 3.29. The summed E-state index contributed by atoms with van der Waals surface area (Å²) in [5.41, 5.74) is 1.97. The van der Waals surface area contributed by atoms with Crippen molar-refractivity contribution in [2.45, 2.75) is 32.2 Å². The summed E-state index contributed by atoms with van der Waals surface area (Å²) in [6.07, 6.45) is 2.70. The Hall–Kier alpha value is -1.42. The normalized spacial score (nSPS) is 16.2.